The van der Waals surface area contributed by atoms with E-state index in [1.54, 1.807) is 0 Å². The molecule has 1 unspecified atom stereocenters. The average Bonchev–Trinajstić information content (AvgIpc) is 1.65. The van der Waals surface area contributed by atoms with Gasteiger partial charge in [0.1, 0.15) is 0 Å². The van der Waals surface area contributed by atoms with Crippen LogP contribution in [0.25, 0.3) is 0 Å². The molecule has 0 heterocycles. The highest BCUT2D eigenvalue weighted by atomic mass is 32.1. The van der Waals surface area contributed by atoms with Crippen LogP contribution in [0.3, 0.4) is 0 Å². The SMILES string of the molecule is O.O.OCC(S)CS. The molecule has 8 heavy (non-hydrogen) atoms. The zero-order valence-corrected chi connectivity index (χ0v) is 6.12. The van der Waals surface area contributed by atoms with Crippen molar-refractivity contribution < 1.29 is 16.1 Å². The maximum Gasteiger partial charge on any atom is 0.0555 e. The van der Waals surface area contributed by atoms with Crippen LogP contribution in [0.15, 0.2) is 0 Å². The molecule has 0 amide bonds. The second kappa shape index (κ2) is 10.5. The third-order valence-corrected chi connectivity index (χ3v) is 1.50. The highest BCUT2D eigenvalue weighted by Gasteiger charge is 1.92. The summed E-state index contributed by atoms with van der Waals surface area (Å²) in [4.78, 5) is 0. The van der Waals surface area contributed by atoms with Crippen LogP contribution in [-0.2, 0) is 0 Å². The molecule has 0 aliphatic rings. The predicted octanol–water partition coefficient (Wildman–Crippen LogP) is -1.44. The number of thiol groups is 2. The first-order chi connectivity index (χ1) is 2.81. The maximum atomic E-state index is 8.21. The minimum absolute atomic E-state index is 0. The van der Waals surface area contributed by atoms with Crippen molar-refractivity contribution >= 4 is 25.3 Å². The van der Waals surface area contributed by atoms with E-state index >= 15 is 0 Å². The van der Waals surface area contributed by atoms with Gasteiger partial charge in [0.2, 0.25) is 0 Å². The largest absolute Gasteiger partial charge is 0.412 e. The van der Waals surface area contributed by atoms with Gasteiger partial charge in [0.15, 0.2) is 0 Å². The summed E-state index contributed by atoms with van der Waals surface area (Å²) in [6.45, 7) is 0.118. The van der Waals surface area contributed by atoms with Crippen LogP contribution in [0.2, 0.25) is 0 Å². The fourth-order valence-electron chi connectivity index (χ4n) is 0.0577. The molecule has 0 spiro atoms. The summed E-state index contributed by atoms with van der Waals surface area (Å²) >= 11 is 7.76. The number of rotatable bonds is 2. The van der Waals surface area contributed by atoms with Crippen LogP contribution in [0.1, 0.15) is 0 Å². The molecular formula is C3H12O3S2. The quantitative estimate of drug-likeness (QED) is 0.425. The van der Waals surface area contributed by atoms with E-state index in [0.29, 0.717) is 5.75 Å². The Hall–Kier alpha value is 0.580. The van der Waals surface area contributed by atoms with Crippen molar-refractivity contribution in [2.24, 2.45) is 0 Å². The molecule has 0 aromatic heterocycles. The van der Waals surface area contributed by atoms with Gasteiger partial charge in [0, 0.05) is 11.0 Å². The molecule has 54 valence electrons. The summed E-state index contributed by atoms with van der Waals surface area (Å²) in [7, 11) is 0. The van der Waals surface area contributed by atoms with E-state index in [1.165, 1.54) is 0 Å². The third-order valence-electron chi connectivity index (χ3n) is 0.421. The first-order valence-corrected chi connectivity index (χ1v) is 2.86. The van der Waals surface area contributed by atoms with Crippen LogP contribution >= 0.6 is 25.3 Å². The molecule has 5 N–H and O–H groups in total. The molecule has 0 saturated heterocycles. The van der Waals surface area contributed by atoms with E-state index in [2.05, 4.69) is 25.3 Å². The van der Waals surface area contributed by atoms with Gasteiger partial charge >= 0.3 is 0 Å². The zero-order chi connectivity index (χ0) is 4.99. The molecule has 0 rings (SSSR count). The average molecular weight is 160 g/mol. The Kier molecular flexibility index (Phi) is 20.9. The summed E-state index contributed by atoms with van der Waals surface area (Å²) in [5.41, 5.74) is 0. The molecule has 0 aliphatic carbocycles. The molecule has 0 bridgehead atoms. The van der Waals surface area contributed by atoms with E-state index in [1.807, 2.05) is 0 Å². The van der Waals surface area contributed by atoms with Gasteiger partial charge in [-0.1, -0.05) is 0 Å². The first kappa shape index (κ1) is 15.8. The van der Waals surface area contributed by atoms with Gasteiger partial charge in [-0.3, -0.25) is 0 Å². The van der Waals surface area contributed by atoms with Gasteiger partial charge in [0.05, 0.1) is 6.61 Å². The Morgan fingerprint density at radius 2 is 1.75 bits per heavy atom. The van der Waals surface area contributed by atoms with Crippen LogP contribution < -0.4 is 0 Å². The molecule has 0 aliphatic heterocycles. The monoisotopic (exact) mass is 160 g/mol. The summed E-state index contributed by atoms with van der Waals surface area (Å²) in [5.74, 6) is 0.639. The van der Waals surface area contributed by atoms with Crippen LogP contribution in [0.5, 0.6) is 0 Å². The smallest absolute Gasteiger partial charge is 0.0555 e. The van der Waals surface area contributed by atoms with Gasteiger partial charge in [-0.25, -0.2) is 0 Å². The normalized spacial score (nSPS) is 10.9. The zero-order valence-electron chi connectivity index (χ0n) is 4.33. The van der Waals surface area contributed by atoms with Gasteiger partial charge in [-0.15, -0.1) is 0 Å². The van der Waals surface area contributed by atoms with Crippen molar-refractivity contribution in [3.05, 3.63) is 0 Å². The summed E-state index contributed by atoms with van der Waals surface area (Å²) < 4.78 is 0. The van der Waals surface area contributed by atoms with E-state index in [-0.39, 0.29) is 22.8 Å². The Labute approximate surface area is 59.5 Å². The van der Waals surface area contributed by atoms with E-state index in [4.69, 9.17) is 5.11 Å². The fraction of sp³-hybridized carbons (Fsp3) is 1.00. The van der Waals surface area contributed by atoms with Crippen molar-refractivity contribution in [1.82, 2.24) is 0 Å². The summed E-state index contributed by atoms with van der Waals surface area (Å²) in [6, 6.07) is 0. The summed E-state index contributed by atoms with van der Waals surface area (Å²) in [6.07, 6.45) is 0. The van der Waals surface area contributed by atoms with Crippen molar-refractivity contribution in [2.75, 3.05) is 12.4 Å². The van der Waals surface area contributed by atoms with Crippen LogP contribution in [-0.4, -0.2) is 33.7 Å². The molecule has 0 radical (unpaired) electrons. The first-order valence-electron chi connectivity index (χ1n) is 1.71. The molecular weight excluding hydrogens is 148 g/mol. The molecule has 0 aromatic rings. The summed E-state index contributed by atoms with van der Waals surface area (Å²) in [5, 5.41) is 8.26. The van der Waals surface area contributed by atoms with Crippen molar-refractivity contribution in [2.45, 2.75) is 5.25 Å². The molecule has 3 nitrogen and oxygen atoms in total. The lowest BCUT2D eigenvalue weighted by molar-refractivity contribution is 0.302. The van der Waals surface area contributed by atoms with Crippen LogP contribution in [0.4, 0.5) is 0 Å². The standard InChI is InChI=1S/C3H8OS2.2H2O/c4-1-3(6)2-5;;/h3-6H,1-2H2;2*1H2. The lowest BCUT2D eigenvalue weighted by atomic mass is 10.5. The minimum Gasteiger partial charge on any atom is -0.412 e. The highest BCUT2D eigenvalue weighted by Crippen LogP contribution is 1.93. The van der Waals surface area contributed by atoms with Crippen molar-refractivity contribution in [1.29, 1.82) is 0 Å². The third kappa shape index (κ3) is 9.77. The van der Waals surface area contributed by atoms with E-state index in [9.17, 15) is 0 Å². The second-order valence-electron chi connectivity index (χ2n) is 1.02. The number of aliphatic hydroxyl groups is 1. The van der Waals surface area contributed by atoms with Gasteiger partial charge in [-0.2, -0.15) is 25.3 Å². The highest BCUT2D eigenvalue weighted by molar-refractivity contribution is 7.84. The van der Waals surface area contributed by atoms with Gasteiger partial charge in [0.25, 0.3) is 0 Å². The lowest BCUT2D eigenvalue weighted by Gasteiger charge is -1.96. The predicted molar refractivity (Wildman–Crippen MR) is 40.9 cm³/mol. The minimum atomic E-state index is 0. The van der Waals surface area contributed by atoms with Gasteiger partial charge in [-0.05, 0) is 0 Å². The Morgan fingerprint density at radius 1 is 1.38 bits per heavy atom. The van der Waals surface area contributed by atoms with Crippen molar-refractivity contribution in [3.8, 4) is 0 Å². The maximum absolute atomic E-state index is 8.21. The Bertz CT molecular complexity index is 31.7. The Balaban J connectivity index is -0.000000125. The second-order valence-corrected chi connectivity index (χ2v) is 2.11. The number of hydrogen-bond acceptors (Lipinski definition) is 3. The molecule has 0 saturated carbocycles. The molecule has 0 fully saturated rings. The van der Waals surface area contributed by atoms with Gasteiger partial charge < -0.3 is 16.1 Å². The number of aliphatic hydroxyl groups excluding tert-OH is 1. The topological polar surface area (TPSA) is 83.2 Å². The molecule has 5 heteroatoms. The number of hydrogen-bond donors (Lipinski definition) is 3. The van der Waals surface area contributed by atoms with Crippen molar-refractivity contribution in [3.63, 3.8) is 0 Å². The van der Waals surface area contributed by atoms with E-state index < -0.39 is 0 Å². The molecule has 0 aromatic carbocycles. The lowest BCUT2D eigenvalue weighted by Crippen LogP contribution is -2.04. The van der Waals surface area contributed by atoms with E-state index in [0.717, 1.165) is 0 Å². The molecule has 1 atom stereocenters. The Morgan fingerprint density at radius 3 is 1.75 bits per heavy atom. The van der Waals surface area contributed by atoms with Crippen LogP contribution in [0, 0.1) is 0 Å². The fourth-order valence-corrected chi connectivity index (χ4v) is 0.173.